The third-order valence-electron chi connectivity index (χ3n) is 3.14. The van der Waals surface area contributed by atoms with Crippen molar-refractivity contribution < 1.29 is 24.5 Å². The minimum Gasteiger partial charge on any atom is -0.394 e. The van der Waals surface area contributed by atoms with Crippen molar-refractivity contribution in [2.45, 2.75) is 31.8 Å². The Morgan fingerprint density at radius 3 is 2.82 bits per heavy atom. The lowest BCUT2D eigenvalue weighted by Gasteiger charge is -2.34. The maximum atomic E-state index is 11.6. The minimum absolute atomic E-state index is 0.250. The highest BCUT2D eigenvalue weighted by Gasteiger charge is 2.41. The Morgan fingerprint density at radius 2 is 2.24 bits per heavy atom. The molecule has 3 amide bonds. The molecule has 2 aliphatic heterocycles. The number of nitrogens with one attached hydrogen (secondary N) is 1. The highest BCUT2D eigenvalue weighted by atomic mass is 16.5. The van der Waals surface area contributed by atoms with Crippen molar-refractivity contribution in [2.24, 2.45) is 5.92 Å². The van der Waals surface area contributed by atoms with Gasteiger partial charge in [0, 0.05) is 13.0 Å². The number of carbonyl (C=O) groups is 2. The third-order valence-corrected chi connectivity index (χ3v) is 3.14. The highest BCUT2D eigenvalue weighted by molar-refractivity contribution is 5.97. The van der Waals surface area contributed by atoms with Crippen LogP contribution >= 0.6 is 0 Å². The molecule has 0 aromatic heterocycles. The van der Waals surface area contributed by atoms with Gasteiger partial charge in [0.1, 0.15) is 12.3 Å². The molecule has 4 atom stereocenters. The number of aliphatic hydroxyl groups is 2. The van der Waals surface area contributed by atoms with Gasteiger partial charge in [-0.3, -0.25) is 15.0 Å². The van der Waals surface area contributed by atoms with Crippen LogP contribution in [0.2, 0.25) is 0 Å². The molecule has 0 aromatic rings. The molecule has 7 nitrogen and oxygen atoms in total. The summed E-state index contributed by atoms with van der Waals surface area (Å²) in [5, 5.41) is 20.8. The molecule has 7 heteroatoms. The first-order chi connectivity index (χ1) is 8.02. The summed E-state index contributed by atoms with van der Waals surface area (Å²) < 4.78 is 5.37. The number of imide groups is 1. The van der Waals surface area contributed by atoms with Gasteiger partial charge in [0.25, 0.3) is 0 Å². The number of amides is 3. The number of rotatable bonds is 2. The van der Waals surface area contributed by atoms with E-state index in [0.29, 0.717) is 0 Å². The van der Waals surface area contributed by atoms with Crippen LogP contribution in [0.5, 0.6) is 0 Å². The number of aliphatic hydroxyl groups excluding tert-OH is 2. The Labute approximate surface area is 98.3 Å². The molecule has 2 heterocycles. The van der Waals surface area contributed by atoms with E-state index in [4.69, 9.17) is 9.84 Å². The van der Waals surface area contributed by atoms with Gasteiger partial charge >= 0.3 is 6.03 Å². The van der Waals surface area contributed by atoms with Crippen LogP contribution in [0.25, 0.3) is 0 Å². The summed E-state index contributed by atoms with van der Waals surface area (Å²) in [4.78, 5) is 24.2. The maximum Gasteiger partial charge on any atom is 0.326 e. The van der Waals surface area contributed by atoms with Crippen molar-refractivity contribution >= 4 is 11.9 Å². The fourth-order valence-corrected chi connectivity index (χ4v) is 2.08. The van der Waals surface area contributed by atoms with Gasteiger partial charge in [0.2, 0.25) is 5.91 Å². The lowest BCUT2D eigenvalue weighted by Crippen LogP contribution is -2.57. The molecule has 3 N–H and O–H groups in total. The summed E-state index contributed by atoms with van der Waals surface area (Å²) in [5.41, 5.74) is 0. The van der Waals surface area contributed by atoms with E-state index in [9.17, 15) is 14.7 Å². The van der Waals surface area contributed by atoms with Crippen molar-refractivity contribution in [1.29, 1.82) is 0 Å². The molecule has 0 spiro atoms. The zero-order valence-corrected chi connectivity index (χ0v) is 9.50. The van der Waals surface area contributed by atoms with Crippen LogP contribution in [0.15, 0.2) is 0 Å². The van der Waals surface area contributed by atoms with E-state index in [1.54, 1.807) is 6.92 Å². The van der Waals surface area contributed by atoms with Crippen molar-refractivity contribution in [1.82, 2.24) is 10.2 Å². The van der Waals surface area contributed by atoms with Gasteiger partial charge in [-0.2, -0.15) is 0 Å². The number of hydrogen-bond acceptors (Lipinski definition) is 5. The monoisotopic (exact) mass is 244 g/mol. The van der Waals surface area contributed by atoms with E-state index in [2.05, 4.69) is 5.32 Å². The smallest absolute Gasteiger partial charge is 0.326 e. The van der Waals surface area contributed by atoms with Crippen LogP contribution in [-0.2, 0) is 9.53 Å². The summed E-state index contributed by atoms with van der Waals surface area (Å²) in [5.74, 6) is -0.606. The molecule has 2 unspecified atom stereocenters. The van der Waals surface area contributed by atoms with Gasteiger partial charge in [-0.05, 0) is 0 Å². The van der Waals surface area contributed by atoms with Gasteiger partial charge in [-0.25, -0.2) is 4.79 Å². The molecule has 2 aliphatic rings. The van der Waals surface area contributed by atoms with Crippen LogP contribution in [0.1, 0.15) is 13.3 Å². The van der Waals surface area contributed by atoms with Crippen LogP contribution in [0.4, 0.5) is 4.79 Å². The Balaban J connectivity index is 2.03. The van der Waals surface area contributed by atoms with Crippen molar-refractivity contribution in [2.75, 3.05) is 13.2 Å². The van der Waals surface area contributed by atoms with Gasteiger partial charge in [0.15, 0.2) is 0 Å². The number of urea groups is 1. The van der Waals surface area contributed by atoms with E-state index in [1.165, 1.54) is 4.90 Å². The number of nitrogens with zero attached hydrogens (tertiary/aromatic N) is 1. The summed E-state index contributed by atoms with van der Waals surface area (Å²) in [6.45, 7) is 1.69. The molecule has 2 rings (SSSR count). The second-order valence-corrected chi connectivity index (χ2v) is 4.46. The second-order valence-electron chi connectivity index (χ2n) is 4.46. The molecule has 0 aliphatic carbocycles. The van der Waals surface area contributed by atoms with Crippen molar-refractivity contribution in [3.05, 3.63) is 0 Å². The Hall–Kier alpha value is -1.18. The predicted molar refractivity (Wildman–Crippen MR) is 55.8 cm³/mol. The summed E-state index contributed by atoms with van der Waals surface area (Å²) >= 11 is 0. The van der Waals surface area contributed by atoms with E-state index < -0.39 is 24.5 Å². The van der Waals surface area contributed by atoms with Crippen molar-refractivity contribution in [3.8, 4) is 0 Å². The Bertz CT molecular complexity index is 335. The lowest BCUT2D eigenvalue weighted by molar-refractivity contribution is -0.128. The third kappa shape index (κ3) is 2.26. The van der Waals surface area contributed by atoms with E-state index in [0.717, 1.165) is 0 Å². The van der Waals surface area contributed by atoms with Gasteiger partial charge < -0.3 is 14.9 Å². The van der Waals surface area contributed by atoms with Crippen LogP contribution in [0.3, 0.4) is 0 Å². The summed E-state index contributed by atoms with van der Waals surface area (Å²) in [6, 6.07) is -0.510. The van der Waals surface area contributed by atoms with Crippen molar-refractivity contribution in [3.63, 3.8) is 0 Å². The quantitative estimate of drug-likeness (QED) is 0.557. The van der Waals surface area contributed by atoms with Gasteiger partial charge in [0.05, 0.1) is 18.6 Å². The molecule has 0 saturated carbocycles. The first-order valence-electron chi connectivity index (χ1n) is 5.58. The SMILES string of the molecule is CC1CN([C@H]2CC(O)[C@@H](CO)O2)C(=O)NC1=O. The topological polar surface area (TPSA) is 99.1 Å². The Kier molecular flexibility index (Phi) is 3.32. The van der Waals surface area contributed by atoms with E-state index >= 15 is 0 Å². The first kappa shape index (κ1) is 12.3. The molecule has 96 valence electrons. The van der Waals surface area contributed by atoms with Crippen LogP contribution in [0, 0.1) is 5.92 Å². The number of ether oxygens (including phenoxy) is 1. The van der Waals surface area contributed by atoms with Crippen LogP contribution < -0.4 is 5.32 Å². The molecule has 2 fully saturated rings. The van der Waals surface area contributed by atoms with E-state index in [1.807, 2.05) is 0 Å². The number of hydrogen-bond donors (Lipinski definition) is 3. The molecule has 0 bridgehead atoms. The standard InChI is InChI=1S/C10H16N2O5/c1-5-3-12(10(16)11-9(5)15)8-2-6(14)7(4-13)17-8/h5-8,13-14H,2-4H2,1H3,(H,11,15,16)/t5?,6?,7-,8-/m1/s1. The lowest BCUT2D eigenvalue weighted by atomic mass is 10.1. The maximum absolute atomic E-state index is 11.6. The fraction of sp³-hybridized carbons (Fsp3) is 0.800. The Morgan fingerprint density at radius 1 is 1.53 bits per heavy atom. The molecule has 17 heavy (non-hydrogen) atoms. The molecule has 0 radical (unpaired) electrons. The number of carbonyl (C=O) groups excluding carboxylic acids is 2. The molecular formula is C10H16N2O5. The normalized spacial score (nSPS) is 38.4. The second kappa shape index (κ2) is 4.59. The summed E-state index contributed by atoms with van der Waals surface area (Å²) in [6.07, 6.45) is -1.79. The first-order valence-corrected chi connectivity index (χ1v) is 5.58. The zero-order valence-electron chi connectivity index (χ0n) is 9.50. The molecule has 0 aromatic carbocycles. The van der Waals surface area contributed by atoms with Gasteiger partial charge in [-0.1, -0.05) is 6.92 Å². The minimum atomic E-state index is -0.786. The van der Waals surface area contributed by atoms with Crippen LogP contribution in [-0.4, -0.2) is 58.6 Å². The molecular weight excluding hydrogens is 228 g/mol. The average molecular weight is 244 g/mol. The van der Waals surface area contributed by atoms with E-state index in [-0.39, 0.29) is 31.4 Å². The van der Waals surface area contributed by atoms with Gasteiger partial charge in [-0.15, -0.1) is 0 Å². The zero-order chi connectivity index (χ0) is 12.6. The molecule has 2 saturated heterocycles. The largest absolute Gasteiger partial charge is 0.394 e. The average Bonchev–Trinajstić information content (AvgIpc) is 2.65. The predicted octanol–water partition coefficient (Wildman–Crippen LogP) is -1.36. The summed E-state index contributed by atoms with van der Waals surface area (Å²) in [7, 11) is 0. The highest BCUT2D eigenvalue weighted by Crippen LogP contribution is 2.25. The fourth-order valence-electron chi connectivity index (χ4n) is 2.08.